The zero-order valence-electron chi connectivity index (χ0n) is 17.2. The maximum Gasteiger partial charge on any atom is 0.220 e. The van der Waals surface area contributed by atoms with E-state index >= 15 is 0 Å². The van der Waals surface area contributed by atoms with Crippen molar-refractivity contribution in [2.45, 2.75) is 31.7 Å². The highest BCUT2D eigenvalue weighted by atomic mass is 16.5. The van der Waals surface area contributed by atoms with Crippen LogP contribution >= 0.6 is 0 Å². The lowest BCUT2D eigenvalue weighted by Gasteiger charge is -2.42. The van der Waals surface area contributed by atoms with Crippen molar-refractivity contribution < 1.29 is 9.53 Å². The summed E-state index contributed by atoms with van der Waals surface area (Å²) < 4.78 is 5.34. The molecule has 5 heteroatoms. The highest BCUT2D eigenvalue weighted by Gasteiger charge is 2.29. The molecule has 0 aliphatic carbocycles. The summed E-state index contributed by atoms with van der Waals surface area (Å²) in [6.07, 6.45) is 4.19. The standard InChI is InChI=1S/C24H31N3O2/c1-29-23-4-2-3-20(17-23)18-5-7-21(8-6-18)27-15-11-22(12-16-27)26-13-9-19(10-14-26)24(25)28/h2-8,17,19,22H,9-16H2,1H3,(H2,25,28). The van der Waals surface area contributed by atoms with Crippen LogP contribution in [0.1, 0.15) is 25.7 Å². The third-order valence-electron chi connectivity index (χ3n) is 6.55. The Morgan fingerprint density at radius 2 is 1.62 bits per heavy atom. The number of carbonyl (C=O) groups is 1. The van der Waals surface area contributed by atoms with Crippen molar-refractivity contribution >= 4 is 11.6 Å². The molecule has 2 saturated heterocycles. The number of nitrogens with two attached hydrogens (primary N) is 1. The molecule has 29 heavy (non-hydrogen) atoms. The monoisotopic (exact) mass is 393 g/mol. The summed E-state index contributed by atoms with van der Waals surface area (Å²) in [5, 5.41) is 0. The topological polar surface area (TPSA) is 58.8 Å². The minimum atomic E-state index is -0.128. The fourth-order valence-electron chi connectivity index (χ4n) is 4.71. The van der Waals surface area contributed by atoms with E-state index in [0.29, 0.717) is 6.04 Å². The van der Waals surface area contributed by atoms with Gasteiger partial charge in [0.2, 0.25) is 5.91 Å². The summed E-state index contributed by atoms with van der Waals surface area (Å²) in [4.78, 5) is 16.4. The second-order valence-electron chi connectivity index (χ2n) is 8.21. The van der Waals surface area contributed by atoms with E-state index in [1.165, 1.54) is 29.7 Å². The number of carbonyl (C=O) groups excluding carboxylic acids is 1. The summed E-state index contributed by atoms with van der Waals surface area (Å²) in [5.74, 6) is 0.833. The SMILES string of the molecule is COc1cccc(-c2ccc(N3CCC(N4CCC(C(N)=O)CC4)CC3)cc2)c1. The molecule has 5 nitrogen and oxygen atoms in total. The van der Waals surface area contributed by atoms with Gasteiger partial charge >= 0.3 is 0 Å². The van der Waals surface area contributed by atoms with Gasteiger partial charge in [0.05, 0.1) is 7.11 Å². The number of methoxy groups -OCH3 is 1. The Labute approximate surface area is 173 Å². The van der Waals surface area contributed by atoms with Gasteiger partial charge in [-0.2, -0.15) is 0 Å². The quantitative estimate of drug-likeness (QED) is 0.844. The van der Waals surface area contributed by atoms with Crippen molar-refractivity contribution in [2.24, 2.45) is 11.7 Å². The Bertz CT molecular complexity index is 820. The first-order valence-corrected chi connectivity index (χ1v) is 10.7. The van der Waals surface area contributed by atoms with Gasteiger partial charge in [-0.3, -0.25) is 4.79 Å². The third-order valence-corrected chi connectivity index (χ3v) is 6.55. The molecule has 2 fully saturated rings. The first-order valence-electron chi connectivity index (χ1n) is 10.7. The Morgan fingerprint density at radius 3 is 2.24 bits per heavy atom. The Kier molecular flexibility index (Phi) is 6.05. The number of ether oxygens (including phenoxy) is 1. The van der Waals surface area contributed by atoms with E-state index in [9.17, 15) is 4.79 Å². The van der Waals surface area contributed by atoms with Crippen LogP contribution in [0.5, 0.6) is 5.75 Å². The molecule has 0 unspecified atom stereocenters. The zero-order valence-corrected chi connectivity index (χ0v) is 17.2. The molecule has 2 aliphatic rings. The number of rotatable bonds is 5. The Balaban J connectivity index is 1.32. The number of primary amides is 1. The average Bonchev–Trinajstić information content (AvgIpc) is 2.79. The van der Waals surface area contributed by atoms with Crippen LogP contribution < -0.4 is 15.4 Å². The molecule has 0 saturated carbocycles. The van der Waals surface area contributed by atoms with Crippen LogP contribution in [0.4, 0.5) is 5.69 Å². The number of benzene rings is 2. The van der Waals surface area contributed by atoms with E-state index < -0.39 is 0 Å². The van der Waals surface area contributed by atoms with Gasteiger partial charge in [-0.25, -0.2) is 0 Å². The molecule has 2 heterocycles. The van der Waals surface area contributed by atoms with Crippen LogP contribution in [-0.4, -0.2) is 50.1 Å². The molecule has 0 radical (unpaired) electrons. The fourth-order valence-corrected chi connectivity index (χ4v) is 4.71. The third kappa shape index (κ3) is 4.56. The van der Waals surface area contributed by atoms with Crippen LogP contribution in [0.3, 0.4) is 0 Å². The molecule has 2 aliphatic heterocycles. The summed E-state index contributed by atoms with van der Waals surface area (Å²) >= 11 is 0. The van der Waals surface area contributed by atoms with Crippen LogP contribution in [0.15, 0.2) is 48.5 Å². The van der Waals surface area contributed by atoms with Crippen molar-refractivity contribution in [1.29, 1.82) is 0 Å². The molecule has 0 bridgehead atoms. The van der Waals surface area contributed by atoms with Crippen molar-refractivity contribution in [3.63, 3.8) is 0 Å². The van der Waals surface area contributed by atoms with Gasteiger partial charge in [0.15, 0.2) is 0 Å². The van der Waals surface area contributed by atoms with E-state index in [4.69, 9.17) is 10.5 Å². The molecule has 154 valence electrons. The minimum Gasteiger partial charge on any atom is -0.497 e. The van der Waals surface area contributed by atoms with E-state index in [0.717, 1.165) is 44.8 Å². The molecule has 0 spiro atoms. The number of hydrogen-bond acceptors (Lipinski definition) is 4. The number of piperidine rings is 2. The molecule has 2 N–H and O–H groups in total. The highest BCUT2D eigenvalue weighted by Crippen LogP contribution is 2.29. The molecule has 2 aromatic carbocycles. The summed E-state index contributed by atoms with van der Waals surface area (Å²) in [6, 6.07) is 17.7. The van der Waals surface area contributed by atoms with Gasteiger partial charge in [-0.05, 0) is 74.2 Å². The van der Waals surface area contributed by atoms with Crippen molar-refractivity contribution in [1.82, 2.24) is 4.90 Å². The van der Waals surface area contributed by atoms with Gasteiger partial charge in [0.25, 0.3) is 0 Å². The van der Waals surface area contributed by atoms with Gasteiger partial charge < -0.3 is 20.3 Å². The molecule has 0 aromatic heterocycles. The van der Waals surface area contributed by atoms with Crippen molar-refractivity contribution in [3.05, 3.63) is 48.5 Å². The van der Waals surface area contributed by atoms with Crippen molar-refractivity contribution in [2.75, 3.05) is 38.2 Å². The number of likely N-dealkylation sites (tertiary alicyclic amines) is 1. The van der Waals surface area contributed by atoms with E-state index in [2.05, 4.69) is 46.2 Å². The predicted octanol–water partition coefficient (Wildman–Crippen LogP) is 3.53. The molecular weight excluding hydrogens is 362 g/mol. The number of anilines is 1. The first-order chi connectivity index (χ1) is 14.1. The second kappa shape index (κ2) is 8.87. The normalized spacial score (nSPS) is 19.3. The number of hydrogen-bond donors (Lipinski definition) is 1. The van der Waals surface area contributed by atoms with Crippen LogP contribution in [-0.2, 0) is 4.79 Å². The molecule has 2 aromatic rings. The van der Waals surface area contributed by atoms with E-state index in [1.807, 2.05) is 12.1 Å². The molecular formula is C24H31N3O2. The average molecular weight is 394 g/mol. The molecule has 1 amide bonds. The van der Waals surface area contributed by atoms with Gasteiger partial charge in [0.1, 0.15) is 5.75 Å². The predicted molar refractivity (Wildman–Crippen MR) is 117 cm³/mol. The maximum atomic E-state index is 11.4. The van der Waals surface area contributed by atoms with Crippen molar-refractivity contribution in [3.8, 4) is 16.9 Å². The zero-order chi connectivity index (χ0) is 20.2. The van der Waals surface area contributed by atoms with Crippen LogP contribution in [0, 0.1) is 5.92 Å². The van der Waals surface area contributed by atoms with Crippen LogP contribution in [0.25, 0.3) is 11.1 Å². The largest absolute Gasteiger partial charge is 0.497 e. The summed E-state index contributed by atoms with van der Waals surface area (Å²) in [5.41, 5.74) is 9.14. The number of amides is 1. The summed E-state index contributed by atoms with van der Waals surface area (Å²) in [7, 11) is 1.70. The lowest BCUT2D eigenvalue weighted by atomic mass is 9.93. The van der Waals surface area contributed by atoms with E-state index in [-0.39, 0.29) is 11.8 Å². The second-order valence-corrected chi connectivity index (χ2v) is 8.21. The Morgan fingerprint density at radius 1 is 0.931 bits per heavy atom. The lowest BCUT2D eigenvalue weighted by molar-refractivity contribution is -0.123. The number of nitrogens with zero attached hydrogens (tertiary/aromatic N) is 2. The van der Waals surface area contributed by atoms with Crippen LogP contribution in [0.2, 0.25) is 0 Å². The first kappa shape index (κ1) is 19.8. The van der Waals surface area contributed by atoms with Gasteiger partial charge in [-0.1, -0.05) is 24.3 Å². The molecule has 0 atom stereocenters. The summed E-state index contributed by atoms with van der Waals surface area (Å²) in [6.45, 7) is 4.18. The van der Waals surface area contributed by atoms with Gasteiger partial charge in [0, 0.05) is 30.7 Å². The fraction of sp³-hybridized carbons (Fsp3) is 0.458. The van der Waals surface area contributed by atoms with Gasteiger partial charge in [-0.15, -0.1) is 0 Å². The Hall–Kier alpha value is -2.53. The minimum absolute atomic E-state index is 0.0782. The smallest absolute Gasteiger partial charge is 0.220 e. The lowest BCUT2D eigenvalue weighted by Crippen LogP contribution is -2.48. The maximum absolute atomic E-state index is 11.4. The van der Waals surface area contributed by atoms with E-state index in [1.54, 1.807) is 7.11 Å². The molecule has 4 rings (SSSR count). The highest BCUT2D eigenvalue weighted by molar-refractivity contribution is 5.76.